The molecule has 6 heteroatoms. The summed E-state index contributed by atoms with van der Waals surface area (Å²) in [7, 11) is 0. The Hall–Kier alpha value is -2.50. The summed E-state index contributed by atoms with van der Waals surface area (Å²) < 4.78 is 0. The molecule has 1 N–H and O–H groups in total. The molecule has 0 radical (unpaired) electrons. The van der Waals surface area contributed by atoms with Crippen molar-refractivity contribution in [2.45, 2.75) is 52.6 Å². The number of hydrogen-bond donors (Lipinski definition) is 1. The summed E-state index contributed by atoms with van der Waals surface area (Å²) in [6.45, 7) is 8.84. The van der Waals surface area contributed by atoms with Gasteiger partial charge in [-0.1, -0.05) is 39.8 Å². The van der Waals surface area contributed by atoms with Crippen molar-refractivity contribution < 1.29 is 9.59 Å². The van der Waals surface area contributed by atoms with Crippen LogP contribution in [-0.2, 0) is 9.59 Å². The Balaban J connectivity index is 2.16. The highest BCUT2D eigenvalue weighted by Crippen LogP contribution is 2.20. The fourth-order valence-corrected chi connectivity index (χ4v) is 3.39. The Bertz CT molecular complexity index is 695. The highest BCUT2D eigenvalue weighted by molar-refractivity contribution is 5.96. The van der Waals surface area contributed by atoms with Crippen LogP contribution in [0.1, 0.15) is 46.1 Å². The summed E-state index contributed by atoms with van der Waals surface area (Å²) in [5.41, 5.74) is 1.15. The maximum atomic E-state index is 12.9. The predicted octanol–water partition coefficient (Wildman–Crippen LogP) is 3.89. The molecule has 1 saturated heterocycles. The van der Waals surface area contributed by atoms with Crippen LogP contribution in [0.2, 0.25) is 0 Å². The summed E-state index contributed by atoms with van der Waals surface area (Å²) in [6.07, 6.45) is 4.68. The van der Waals surface area contributed by atoms with Crippen LogP contribution in [0.25, 0.3) is 6.08 Å². The molecule has 1 aliphatic rings. The first-order valence-corrected chi connectivity index (χ1v) is 9.52. The smallest absolute Gasteiger partial charge is 0.247 e. The Labute approximate surface area is 161 Å². The SMILES string of the molecule is CC(C)C[C@H]1CN(C(=O)/C=C/c2ccc(N=O)cc2)[C@@H](CC(C)C)C(=O)N1. The van der Waals surface area contributed by atoms with Gasteiger partial charge in [-0.25, -0.2) is 0 Å². The largest absolute Gasteiger partial charge is 0.350 e. The lowest BCUT2D eigenvalue weighted by atomic mass is 9.95. The highest BCUT2D eigenvalue weighted by atomic mass is 16.3. The minimum atomic E-state index is -0.438. The van der Waals surface area contributed by atoms with E-state index in [1.807, 2.05) is 0 Å². The van der Waals surface area contributed by atoms with E-state index in [0.29, 0.717) is 30.5 Å². The minimum absolute atomic E-state index is 0.0174. The zero-order chi connectivity index (χ0) is 20.0. The second kappa shape index (κ2) is 9.44. The average Bonchev–Trinajstić information content (AvgIpc) is 2.61. The molecule has 0 spiro atoms. The number of rotatable bonds is 7. The number of amides is 2. The van der Waals surface area contributed by atoms with Gasteiger partial charge in [0.1, 0.15) is 11.7 Å². The van der Waals surface area contributed by atoms with Gasteiger partial charge in [0.2, 0.25) is 11.8 Å². The van der Waals surface area contributed by atoms with Crippen LogP contribution in [0, 0.1) is 16.7 Å². The summed E-state index contributed by atoms with van der Waals surface area (Å²) in [4.78, 5) is 37.6. The molecular weight excluding hydrogens is 342 g/mol. The van der Waals surface area contributed by atoms with Gasteiger partial charge in [-0.15, -0.1) is 4.91 Å². The molecule has 0 aliphatic carbocycles. The maximum absolute atomic E-state index is 12.9. The van der Waals surface area contributed by atoms with E-state index in [9.17, 15) is 14.5 Å². The molecule has 0 aromatic heterocycles. The first-order chi connectivity index (χ1) is 12.8. The van der Waals surface area contributed by atoms with E-state index in [0.717, 1.165) is 12.0 Å². The van der Waals surface area contributed by atoms with Gasteiger partial charge in [-0.3, -0.25) is 9.59 Å². The topological polar surface area (TPSA) is 78.8 Å². The van der Waals surface area contributed by atoms with Crippen molar-refractivity contribution >= 4 is 23.6 Å². The molecule has 1 aromatic rings. The van der Waals surface area contributed by atoms with E-state index in [-0.39, 0.29) is 17.9 Å². The monoisotopic (exact) mass is 371 g/mol. The number of benzene rings is 1. The van der Waals surface area contributed by atoms with Gasteiger partial charge in [-0.2, -0.15) is 0 Å². The molecule has 2 atom stereocenters. The van der Waals surface area contributed by atoms with E-state index in [1.54, 1.807) is 35.2 Å². The summed E-state index contributed by atoms with van der Waals surface area (Å²) in [6, 6.07) is 6.22. The fourth-order valence-electron chi connectivity index (χ4n) is 3.39. The normalized spacial score (nSPS) is 20.4. The number of nitrogens with zero attached hydrogens (tertiary/aromatic N) is 2. The van der Waals surface area contributed by atoms with Crippen LogP contribution in [0.5, 0.6) is 0 Å². The van der Waals surface area contributed by atoms with Crippen molar-refractivity contribution in [1.29, 1.82) is 0 Å². The van der Waals surface area contributed by atoms with Crippen molar-refractivity contribution in [3.63, 3.8) is 0 Å². The molecule has 2 rings (SSSR count). The van der Waals surface area contributed by atoms with Crippen LogP contribution in [0.3, 0.4) is 0 Å². The Morgan fingerprint density at radius 3 is 2.37 bits per heavy atom. The van der Waals surface area contributed by atoms with Crippen molar-refractivity contribution in [1.82, 2.24) is 10.2 Å². The Morgan fingerprint density at radius 1 is 1.19 bits per heavy atom. The standard InChI is InChI=1S/C21H29N3O3/c1-14(2)11-18-13-24(19(12-15(3)4)21(26)22-18)20(25)10-7-16-5-8-17(23-27)9-6-16/h5-10,14-15,18-19H,11-13H2,1-4H3,(H,22,26)/b10-7+/t18-,19-/m0/s1. The van der Waals surface area contributed by atoms with Gasteiger partial charge in [0.15, 0.2) is 0 Å². The molecule has 0 saturated carbocycles. The van der Waals surface area contributed by atoms with Crippen LogP contribution in [-0.4, -0.2) is 35.3 Å². The van der Waals surface area contributed by atoms with Gasteiger partial charge in [0.05, 0.1) is 0 Å². The number of nitroso groups, excluding NO2 is 1. The lowest BCUT2D eigenvalue weighted by molar-refractivity contribution is -0.142. The zero-order valence-electron chi connectivity index (χ0n) is 16.5. The third-order valence-electron chi connectivity index (χ3n) is 4.59. The van der Waals surface area contributed by atoms with Gasteiger partial charge < -0.3 is 10.2 Å². The second-order valence-electron chi connectivity index (χ2n) is 7.99. The molecule has 1 aliphatic heterocycles. The lowest BCUT2D eigenvalue weighted by Gasteiger charge is -2.40. The highest BCUT2D eigenvalue weighted by Gasteiger charge is 2.36. The van der Waals surface area contributed by atoms with Crippen LogP contribution >= 0.6 is 0 Å². The van der Waals surface area contributed by atoms with E-state index in [1.165, 1.54) is 6.08 Å². The van der Waals surface area contributed by atoms with E-state index in [4.69, 9.17) is 0 Å². The molecule has 27 heavy (non-hydrogen) atoms. The third-order valence-corrected chi connectivity index (χ3v) is 4.59. The number of carbonyl (C=O) groups excluding carboxylic acids is 2. The molecule has 1 aromatic carbocycles. The maximum Gasteiger partial charge on any atom is 0.247 e. The van der Waals surface area contributed by atoms with E-state index >= 15 is 0 Å². The zero-order valence-corrected chi connectivity index (χ0v) is 16.5. The van der Waals surface area contributed by atoms with Gasteiger partial charge in [0, 0.05) is 18.7 Å². The Morgan fingerprint density at radius 2 is 1.81 bits per heavy atom. The van der Waals surface area contributed by atoms with E-state index < -0.39 is 6.04 Å². The number of nitrogens with one attached hydrogen (secondary N) is 1. The first kappa shape index (κ1) is 20.8. The molecule has 1 fully saturated rings. The second-order valence-corrected chi connectivity index (χ2v) is 7.99. The first-order valence-electron chi connectivity index (χ1n) is 9.52. The molecule has 146 valence electrons. The molecule has 0 bridgehead atoms. The van der Waals surface area contributed by atoms with Gasteiger partial charge in [0.25, 0.3) is 0 Å². The third kappa shape index (κ3) is 6.01. The molecular formula is C21H29N3O3. The fraction of sp³-hybridized carbons (Fsp3) is 0.524. The molecule has 0 unspecified atom stereocenters. The Kier molecular flexibility index (Phi) is 7.28. The average molecular weight is 371 g/mol. The summed E-state index contributed by atoms with van der Waals surface area (Å²) >= 11 is 0. The summed E-state index contributed by atoms with van der Waals surface area (Å²) in [5, 5.41) is 5.94. The molecule has 6 nitrogen and oxygen atoms in total. The van der Waals surface area contributed by atoms with E-state index in [2.05, 4.69) is 38.2 Å². The number of hydrogen-bond acceptors (Lipinski definition) is 4. The molecule has 2 amide bonds. The van der Waals surface area contributed by atoms with Crippen molar-refractivity contribution in [3.8, 4) is 0 Å². The quantitative estimate of drug-likeness (QED) is 0.583. The predicted molar refractivity (Wildman–Crippen MR) is 107 cm³/mol. The molecule has 1 heterocycles. The van der Waals surface area contributed by atoms with Crippen LogP contribution in [0.4, 0.5) is 5.69 Å². The lowest BCUT2D eigenvalue weighted by Crippen LogP contribution is -2.61. The van der Waals surface area contributed by atoms with Crippen LogP contribution < -0.4 is 5.32 Å². The minimum Gasteiger partial charge on any atom is -0.350 e. The van der Waals surface area contributed by atoms with Gasteiger partial charge >= 0.3 is 0 Å². The van der Waals surface area contributed by atoms with Crippen molar-refractivity contribution in [3.05, 3.63) is 40.8 Å². The van der Waals surface area contributed by atoms with Crippen molar-refractivity contribution in [2.24, 2.45) is 17.0 Å². The van der Waals surface area contributed by atoms with Gasteiger partial charge in [-0.05, 0) is 53.6 Å². The number of carbonyl (C=O) groups is 2. The number of piperazine rings is 1. The summed E-state index contributed by atoms with van der Waals surface area (Å²) in [5.74, 6) is 0.519. The van der Waals surface area contributed by atoms with Crippen molar-refractivity contribution in [2.75, 3.05) is 6.54 Å². The van der Waals surface area contributed by atoms with Crippen LogP contribution in [0.15, 0.2) is 35.5 Å².